The molecule has 0 atom stereocenters. The van der Waals surface area contributed by atoms with Crippen molar-refractivity contribution in [1.29, 1.82) is 0 Å². The lowest BCUT2D eigenvalue weighted by atomic mass is 9.78. The van der Waals surface area contributed by atoms with E-state index in [1.807, 2.05) is 12.1 Å². The molecule has 5 heteroatoms. The van der Waals surface area contributed by atoms with Gasteiger partial charge < -0.3 is 19.7 Å². The normalized spacial score (nSPS) is 16.4. The van der Waals surface area contributed by atoms with E-state index in [0.29, 0.717) is 5.75 Å². The minimum absolute atomic E-state index is 0.0111. The first kappa shape index (κ1) is 32.1. The van der Waals surface area contributed by atoms with E-state index in [4.69, 9.17) is 14.6 Å². The third-order valence-electron chi connectivity index (χ3n) is 8.70. The quantitative estimate of drug-likeness (QED) is 0.0615. The third kappa shape index (κ3) is 9.59. The van der Waals surface area contributed by atoms with Gasteiger partial charge in [-0.2, -0.15) is 0 Å². The Labute approximate surface area is 256 Å². The summed E-state index contributed by atoms with van der Waals surface area (Å²) in [4.78, 5) is 12.0. The van der Waals surface area contributed by atoms with Gasteiger partial charge in [0.15, 0.2) is 0 Å². The van der Waals surface area contributed by atoms with Gasteiger partial charge in [0.25, 0.3) is 0 Å². The highest BCUT2D eigenvalue weighted by atomic mass is 16.7. The molecule has 0 spiro atoms. The summed E-state index contributed by atoms with van der Waals surface area (Å²) in [7, 11) is 0. The Balaban J connectivity index is 1.28. The van der Waals surface area contributed by atoms with E-state index in [9.17, 15) is 9.90 Å². The maximum absolute atomic E-state index is 12.0. The Kier molecular flexibility index (Phi) is 12.0. The number of unbranched alkanes of at least 4 members (excludes halogenated alkanes) is 2. The molecule has 0 unspecified atom stereocenters. The second kappa shape index (κ2) is 16.1. The van der Waals surface area contributed by atoms with Crippen LogP contribution in [0.4, 0.5) is 0 Å². The van der Waals surface area contributed by atoms with Crippen LogP contribution in [-0.2, 0) is 16.0 Å². The highest BCUT2D eigenvalue weighted by Crippen LogP contribution is 2.35. The molecule has 0 aromatic heterocycles. The van der Waals surface area contributed by atoms with Crippen LogP contribution in [0.15, 0.2) is 91.0 Å². The zero-order valence-corrected chi connectivity index (χ0v) is 25.5. The lowest BCUT2D eigenvalue weighted by Crippen LogP contribution is -2.15. The number of esters is 1. The van der Waals surface area contributed by atoms with Crippen molar-refractivity contribution in [3.8, 4) is 33.8 Å². The van der Waals surface area contributed by atoms with Crippen LogP contribution in [0.2, 0.25) is 0 Å². The predicted octanol–water partition coefficient (Wildman–Crippen LogP) is 9.03. The van der Waals surface area contributed by atoms with E-state index in [1.165, 1.54) is 75.0 Å². The summed E-state index contributed by atoms with van der Waals surface area (Å²) >= 11 is 0. The van der Waals surface area contributed by atoms with Crippen LogP contribution in [0.5, 0.6) is 11.5 Å². The molecule has 1 saturated carbocycles. The average Bonchev–Trinajstić information content (AvgIpc) is 3.04. The van der Waals surface area contributed by atoms with E-state index in [0.717, 1.165) is 34.9 Å². The Morgan fingerprint density at radius 3 is 2.00 bits per heavy atom. The smallest absolute Gasteiger partial charge is 0.340 e. The van der Waals surface area contributed by atoms with Crippen molar-refractivity contribution in [2.24, 2.45) is 11.8 Å². The topological polar surface area (TPSA) is 76.0 Å². The first-order valence-electron chi connectivity index (χ1n) is 15.7. The number of hydrogen-bond acceptors (Lipinski definition) is 5. The summed E-state index contributed by atoms with van der Waals surface area (Å²) in [6, 6.07) is 22.0. The van der Waals surface area contributed by atoms with Gasteiger partial charge in [-0.3, -0.25) is 0 Å². The predicted molar refractivity (Wildman–Crippen MR) is 174 cm³/mol. The van der Waals surface area contributed by atoms with Gasteiger partial charge in [0, 0.05) is 6.07 Å². The summed E-state index contributed by atoms with van der Waals surface area (Å²) in [6.45, 7) is 8.66. The molecule has 43 heavy (non-hydrogen) atoms. The summed E-state index contributed by atoms with van der Waals surface area (Å²) in [5.41, 5.74) is 5.58. The number of aliphatic hydroxyl groups excluding tert-OH is 1. The number of ether oxygens (including phenoxy) is 2. The van der Waals surface area contributed by atoms with Crippen molar-refractivity contribution in [2.45, 2.75) is 71.1 Å². The molecule has 5 nitrogen and oxygen atoms in total. The molecule has 0 bridgehead atoms. The van der Waals surface area contributed by atoms with Crippen molar-refractivity contribution < 1.29 is 24.5 Å². The molecular weight excluding hydrogens is 536 g/mol. The molecular formula is C38H46O5. The Morgan fingerprint density at radius 2 is 1.40 bits per heavy atom. The maximum Gasteiger partial charge on any atom is 0.340 e. The molecule has 1 aliphatic rings. The molecule has 3 aromatic carbocycles. The van der Waals surface area contributed by atoms with Gasteiger partial charge in [0.1, 0.15) is 11.5 Å². The SMILES string of the molecule is C=C(CO)C(=C)C(=O)OCOc1cc(O)cc(-c2ccc(-c3ccc(CCC4CCC(CCCCC)CC4)cc3)cc2)c1. The minimum atomic E-state index is -0.724. The van der Waals surface area contributed by atoms with E-state index in [1.54, 1.807) is 12.1 Å². The van der Waals surface area contributed by atoms with Gasteiger partial charge in [-0.25, -0.2) is 4.79 Å². The van der Waals surface area contributed by atoms with Gasteiger partial charge in [-0.15, -0.1) is 0 Å². The maximum atomic E-state index is 12.0. The average molecular weight is 583 g/mol. The molecule has 0 saturated heterocycles. The number of rotatable bonds is 15. The third-order valence-corrected chi connectivity index (χ3v) is 8.70. The van der Waals surface area contributed by atoms with Crippen molar-refractivity contribution in [2.75, 3.05) is 13.4 Å². The number of phenols is 1. The molecule has 3 aromatic rings. The van der Waals surface area contributed by atoms with Gasteiger partial charge in [-0.05, 0) is 70.2 Å². The highest BCUT2D eigenvalue weighted by Gasteiger charge is 2.20. The summed E-state index contributed by atoms with van der Waals surface area (Å²) in [5, 5.41) is 19.3. The van der Waals surface area contributed by atoms with Crippen LogP contribution >= 0.6 is 0 Å². The summed E-state index contributed by atoms with van der Waals surface area (Å²) in [5.74, 6) is 1.52. The van der Waals surface area contributed by atoms with Crippen LogP contribution in [0, 0.1) is 11.8 Å². The monoisotopic (exact) mass is 582 g/mol. The van der Waals surface area contributed by atoms with E-state index >= 15 is 0 Å². The number of aromatic hydroxyl groups is 1. The molecule has 0 aliphatic heterocycles. The fourth-order valence-corrected chi connectivity index (χ4v) is 5.89. The fourth-order valence-electron chi connectivity index (χ4n) is 5.89. The van der Waals surface area contributed by atoms with Crippen molar-refractivity contribution in [3.63, 3.8) is 0 Å². The largest absolute Gasteiger partial charge is 0.508 e. The number of benzene rings is 3. The van der Waals surface area contributed by atoms with Crippen molar-refractivity contribution in [1.82, 2.24) is 0 Å². The lowest BCUT2D eigenvalue weighted by Gasteiger charge is -2.28. The molecule has 228 valence electrons. The molecule has 0 heterocycles. The van der Waals surface area contributed by atoms with Crippen LogP contribution < -0.4 is 4.74 Å². The number of aryl methyl sites for hydroxylation is 1. The van der Waals surface area contributed by atoms with Gasteiger partial charge in [0.05, 0.1) is 12.2 Å². The summed E-state index contributed by atoms with van der Waals surface area (Å²) in [6.07, 6.45) is 13.7. The molecule has 0 radical (unpaired) electrons. The minimum Gasteiger partial charge on any atom is -0.508 e. The first-order chi connectivity index (χ1) is 20.9. The molecule has 2 N–H and O–H groups in total. The molecule has 0 amide bonds. The number of phenolic OH excluding ortho intramolecular Hbond substituents is 1. The molecule has 4 rings (SSSR count). The van der Waals surface area contributed by atoms with Crippen molar-refractivity contribution >= 4 is 5.97 Å². The van der Waals surface area contributed by atoms with E-state index < -0.39 is 5.97 Å². The molecule has 1 aliphatic carbocycles. The lowest BCUT2D eigenvalue weighted by molar-refractivity contribution is -0.145. The van der Waals surface area contributed by atoms with Crippen LogP contribution in [0.3, 0.4) is 0 Å². The number of carbonyl (C=O) groups is 1. The zero-order valence-electron chi connectivity index (χ0n) is 25.5. The fraction of sp³-hybridized carbons (Fsp3) is 0.395. The Bertz CT molecular complexity index is 1350. The second-order valence-corrected chi connectivity index (χ2v) is 11.8. The van der Waals surface area contributed by atoms with E-state index in [2.05, 4.69) is 56.5 Å². The second-order valence-electron chi connectivity index (χ2n) is 11.8. The molecule has 1 fully saturated rings. The number of hydrogen-bond donors (Lipinski definition) is 2. The van der Waals surface area contributed by atoms with E-state index in [-0.39, 0.29) is 30.3 Å². The van der Waals surface area contributed by atoms with Gasteiger partial charge in [0.2, 0.25) is 6.79 Å². The number of aliphatic hydroxyl groups is 1. The number of carbonyl (C=O) groups excluding carboxylic acids is 1. The first-order valence-corrected chi connectivity index (χ1v) is 15.7. The van der Waals surface area contributed by atoms with Gasteiger partial charge >= 0.3 is 5.97 Å². The Morgan fingerprint density at radius 1 is 0.814 bits per heavy atom. The standard InChI is InChI=1S/C38H46O5/c1-4-5-6-7-29-8-10-30(11-9-29)12-13-31-14-16-32(17-15-31)33-18-20-34(21-19-33)35-22-36(40)24-37(23-35)42-26-43-38(41)28(3)27(2)25-39/h14-24,29-30,39-40H,2-13,25-26H2,1H3. The Hall–Kier alpha value is -3.83. The van der Waals surface area contributed by atoms with Crippen LogP contribution in [0.25, 0.3) is 22.3 Å². The van der Waals surface area contributed by atoms with Gasteiger partial charge in [-0.1, -0.05) is 120 Å². The van der Waals surface area contributed by atoms with Crippen LogP contribution in [0.1, 0.15) is 70.3 Å². The highest BCUT2D eigenvalue weighted by molar-refractivity contribution is 5.92. The van der Waals surface area contributed by atoms with Crippen LogP contribution in [-0.4, -0.2) is 29.6 Å². The van der Waals surface area contributed by atoms with Crippen molar-refractivity contribution in [3.05, 3.63) is 96.6 Å². The summed E-state index contributed by atoms with van der Waals surface area (Å²) < 4.78 is 10.6. The zero-order chi connectivity index (χ0) is 30.6.